The Labute approximate surface area is 88.8 Å². The molecule has 0 spiro atoms. The molecule has 1 rings (SSSR count). The highest BCUT2D eigenvalue weighted by atomic mass is 32.2. The van der Waals surface area contributed by atoms with E-state index >= 15 is 0 Å². The lowest BCUT2D eigenvalue weighted by atomic mass is 10.1. The Morgan fingerprint density at radius 2 is 2.36 bits per heavy atom. The third-order valence-corrected chi connectivity index (χ3v) is 3.19. The van der Waals surface area contributed by atoms with Gasteiger partial charge >= 0.3 is 0 Å². The van der Waals surface area contributed by atoms with Gasteiger partial charge in [0.25, 0.3) is 0 Å². The second-order valence-electron chi connectivity index (χ2n) is 3.90. The molecule has 0 fully saturated rings. The standard InChI is InChI=1S/C10H20N2OS/c1-9(6-8-14(2)13)12-10-5-3-4-7-11-10/h9H,3-8H2,1-2H3,(H,11,12). The number of nitrogens with one attached hydrogen (secondary N) is 1. The summed E-state index contributed by atoms with van der Waals surface area (Å²) in [5.74, 6) is 1.92. The van der Waals surface area contributed by atoms with Gasteiger partial charge in [-0.1, -0.05) is 0 Å². The van der Waals surface area contributed by atoms with Crippen molar-refractivity contribution in [3.8, 4) is 0 Å². The number of hydrogen-bond donors (Lipinski definition) is 1. The summed E-state index contributed by atoms with van der Waals surface area (Å²) >= 11 is 0. The van der Waals surface area contributed by atoms with Crippen LogP contribution in [0.5, 0.6) is 0 Å². The smallest absolute Gasteiger partial charge is 0.0965 e. The van der Waals surface area contributed by atoms with E-state index in [-0.39, 0.29) is 0 Å². The summed E-state index contributed by atoms with van der Waals surface area (Å²) in [5.41, 5.74) is 0. The van der Waals surface area contributed by atoms with Crippen molar-refractivity contribution >= 4 is 16.6 Å². The summed E-state index contributed by atoms with van der Waals surface area (Å²) in [4.78, 5) is 4.43. The zero-order chi connectivity index (χ0) is 10.4. The van der Waals surface area contributed by atoms with E-state index in [1.165, 1.54) is 12.8 Å². The van der Waals surface area contributed by atoms with Gasteiger partial charge in [-0.2, -0.15) is 0 Å². The lowest BCUT2D eigenvalue weighted by Crippen LogP contribution is -2.34. The van der Waals surface area contributed by atoms with Crippen LogP contribution in [0.2, 0.25) is 0 Å². The van der Waals surface area contributed by atoms with Crippen LogP contribution in [0.15, 0.2) is 4.99 Å². The number of amidine groups is 1. The van der Waals surface area contributed by atoms with Gasteiger partial charge in [-0.15, -0.1) is 0 Å². The first-order chi connectivity index (χ1) is 6.68. The van der Waals surface area contributed by atoms with Gasteiger partial charge in [0, 0.05) is 41.8 Å². The fourth-order valence-corrected chi connectivity index (χ4v) is 2.20. The largest absolute Gasteiger partial charge is 0.371 e. The number of rotatable bonds is 4. The first-order valence-corrected chi connectivity index (χ1v) is 7.01. The van der Waals surface area contributed by atoms with Crippen LogP contribution >= 0.6 is 0 Å². The molecule has 2 atom stereocenters. The van der Waals surface area contributed by atoms with E-state index in [1.807, 2.05) is 0 Å². The maximum absolute atomic E-state index is 10.9. The van der Waals surface area contributed by atoms with Crippen molar-refractivity contribution < 1.29 is 4.21 Å². The van der Waals surface area contributed by atoms with E-state index in [1.54, 1.807) is 6.26 Å². The zero-order valence-electron chi connectivity index (χ0n) is 9.08. The van der Waals surface area contributed by atoms with Gasteiger partial charge in [0.05, 0.1) is 5.84 Å². The molecule has 0 bridgehead atoms. The third kappa shape index (κ3) is 4.74. The van der Waals surface area contributed by atoms with Crippen LogP contribution in [0.1, 0.15) is 32.6 Å². The SMILES string of the molecule is CC(CCS(C)=O)NC1=NCCCC1. The molecule has 0 aromatic carbocycles. The first kappa shape index (κ1) is 11.7. The van der Waals surface area contributed by atoms with E-state index in [9.17, 15) is 4.21 Å². The molecule has 0 saturated heterocycles. The van der Waals surface area contributed by atoms with Gasteiger partial charge in [0.15, 0.2) is 0 Å². The number of aliphatic imine (C=N–C) groups is 1. The molecular formula is C10H20N2OS. The van der Waals surface area contributed by atoms with Crippen molar-refractivity contribution in [2.45, 2.75) is 38.6 Å². The highest BCUT2D eigenvalue weighted by Gasteiger charge is 2.08. The normalized spacial score (nSPS) is 21.1. The Bertz CT molecular complexity index is 228. The van der Waals surface area contributed by atoms with E-state index in [4.69, 9.17) is 0 Å². The van der Waals surface area contributed by atoms with E-state index in [2.05, 4.69) is 17.2 Å². The molecule has 0 amide bonds. The topological polar surface area (TPSA) is 41.5 Å². The van der Waals surface area contributed by atoms with Crippen molar-refractivity contribution in [3.63, 3.8) is 0 Å². The molecule has 1 aliphatic heterocycles. The molecule has 14 heavy (non-hydrogen) atoms. The van der Waals surface area contributed by atoms with E-state index < -0.39 is 10.8 Å². The Balaban J connectivity index is 2.21. The molecule has 3 nitrogen and oxygen atoms in total. The second-order valence-corrected chi connectivity index (χ2v) is 5.45. The summed E-state index contributed by atoms with van der Waals surface area (Å²) < 4.78 is 10.9. The van der Waals surface area contributed by atoms with Crippen molar-refractivity contribution in [1.29, 1.82) is 0 Å². The molecular weight excluding hydrogens is 196 g/mol. The molecule has 82 valence electrons. The predicted molar refractivity (Wildman–Crippen MR) is 62.3 cm³/mol. The molecule has 0 aliphatic carbocycles. The molecule has 1 aliphatic rings. The van der Waals surface area contributed by atoms with Gasteiger partial charge in [-0.3, -0.25) is 9.20 Å². The van der Waals surface area contributed by atoms with Gasteiger partial charge in [0.2, 0.25) is 0 Å². The van der Waals surface area contributed by atoms with Crippen LogP contribution in [-0.4, -0.2) is 34.6 Å². The summed E-state index contributed by atoms with van der Waals surface area (Å²) in [6.07, 6.45) is 6.27. The van der Waals surface area contributed by atoms with Crippen LogP contribution < -0.4 is 5.32 Å². The highest BCUT2D eigenvalue weighted by Crippen LogP contribution is 2.05. The van der Waals surface area contributed by atoms with Crippen LogP contribution in [0.4, 0.5) is 0 Å². The van der Waals surface area contributed by atoms with Crippen LogP contribution in [0.25, 0.3) is 0 Å². The summed E-state index contributed by atoms with van der Waals surface area (Å²) in [7, 11) is -0.673. The molecule has 0 aromatic rings. The van der Waals surface area contributed by atoms with Crippen LogP contribution in [-0.2, 0) is 10.8 Å². The molecule has 1 heterocycles. The molecule has 4 heteroatoms. The molecule has 0 aromatic heterocycles. The van der Waals surface area contributed by atoms with E-state index in [0.29, 0.717) is 6.04 Å². The average Bonchev–Trinajstić information content (AvgIpc) is 2.16. The molecule has 2 unspecified atom stereocenters. The van der Waals surface area contributed by atoms with Crippen molar-refractivity contribution in [2.24, 2.45) is 4.99 Å². The monoisotopic (exact) mass is 216 g/mol. The first-order valence-electron chi connectivity index (χ1n) is 5.28. The van der Waals surface area contributed by atoms with E-state index in [0.717, 1.165) is 31.0 Å². The molecule has 1 N–H and O–H groups in total. The van der Waals surface area contributed by atoms with Crippen molar-refractivity contribution in [3.05, 3.63) is 0 Å². The fraction of sp³-hybridized carbons (Fsp3) is 0.900. The van der Waals surface area contributed by atoms with Gasteiger partial charge in [0.1, 0.15) is 0 Å². The van der Waals surface area contributed by atoms with Crippen LogP contribution in [0.3, 0.4) is 0 Å². The minimum atomic E-state index is -0.673. The maximum Gasteiger partial charge on any atom is 0.0965 e. The predicted octanol–water partition coefficient (Wildman–Crippen LogP) is 1.32. The maximum atomic E-state index is 10.9. The van der Waals surface area contributed by atoms with Crippen LogP contribution in [0, 0.1) is 0 Å². The number of hydrogen-bond acceptors (Lipinski definition) is 3. The Kier molecular flexibility index (Phi) is 5.15. The summed E-state index contributed by atoms with van der Waals surface area (Å²) in [6, 6.07) is 0.399. The third-order valence-electron chi connectivity index (χ3n) is 2.38. The Morgan fingerprint density at radius 1 is 1.57 bits per heavy atom. The van der Waals surface area contributed by atoms with Gasteiger partial charge in [-0.05, 0) is 26.2 Å². The minimum absolute atomic E-state index is 0.399. The molecule has 0 saturated carbocycles. The minimum Gasteiger partial charge on any atom is -0.371 e. The Morgan fingerprint density at radius 3 is 2.93 bits per heavy atom. The lowest BCUT2D eigenvalue weighted by Gasteiger charge is -2.19. The highest BCUT2D eigenvalue weighted by molar-refractivity contribution is 7.84. The summed E-state index contributed by atoms with van der Waals surface area (Å²) in [5, 5.41) is 3.39. The average molecular weight is 216 g/mol. The number of nitrogens with zero attached hydrogens (tertiary/aromatic N) is 1. The Hall–Kier alpha value is -0.380. The van der Waals surface area contributed by atoms with Gasteiger partial charge in [-0.25, -0.2) is 0 Å². The van der Waals surface area contributed by atoms with Crippen molar-refractivity contribution in [2.75, 3.05) is 18.6 Å². The van der Waals surface area contributed by atoms with Crippen molar-refractivity contribution in [1.82, 2.24) is 5.32 Å². The summed E-state index contributed by atoms with van der Waals surface area (Å²) in [6.45, 7) is 3.10. The zero-order valence-corrected chi connectivity index (χ0v) is 9.90. The van der Waals surface area contributed by atoms with Gasteiger partial charge < -0.3 is 5.32 Å². The fourth-order valence-electron chi connectivity index (χ4n) is 1.51. The lowest BCUT2D eigenvalue weighted by molar-refractivity contribution is 0.610. The molecule has 0 radical (unpaired) electrons. The quantitative estimate of drug-likeness (QED) is 0.770. The second kappa shape index (κ2) is 6.17.